The van der Waals surface area contributed by atoms with E-state index in [4.69, 9.17) is 4.74 Å². The van der Waals surface area contributed by atoms with E-state index in [0.29, 0.717) is 39.9 Å². The molecule has 0 aliphatic rings. The van der Waals surface area contributed by atoms with Crippen LogP contribution in [0.5, 0.6) is 5.75 Å². The minimum Gasteiger partial charge on any atom is -0.495 e. The lowest BCUT2D eigenvalue weighted by Crippen LogP contribution is -2.21. The van der Waals surface area contributed by atoms with E-state index in [1.807, 2.05) is 73.0 Å². The molecule has 2 heterocycles. The third-order valence-corrected chi connectivity index (χ3v) is 6.57. The molecule has 39 heavy (non-hydrogen) atoms. The Morgan fingerprint density at radius 2 is 1.72 bits per heavy atom. The zero-order valence-electron chi connectivity index (χ0n) is 23.1. The van der Waals surface area contributed by atoms with Gasteiger partial charge in [-0.2, -0.15) is 0 Å². The number of nitrogens with one attached hydrogen (secondary N) is 3. The van der Waals surface area contributed by atoms with Gasteiger partial charge in [-0.05, 0) is 49.1 Å². The summed E-state index contributed by atoms with van der Waals surface area (Å²) < 4.78 is 7.45. The van der Waals surface area contributed by atoms with Gasteiger partial charge in [0.2, 0.25) is 0 Å². The van der Waals surface area contributed by atoms with Crippen molar-refractivity contribution in [1.82, 2.24) is 19.5 Å². The highest BCUT2D eigenvalue weighted by Gasteiger charge is 2.19. The molecular weight excluding hydrogens is 490 g/mol. The molecule has 2 aromatic heterocycles. The zero-order valence-corrected chi connectivity index (χ0v) is 23.1. The van der Waals surface area contributed by atoms with Crippen LogP contribution in [0.2, 0.25) is 0 Å². The van der Waals surface area contributed by atoms with Gasteiger partial charge in [0, 0.05) is 17.3 Å². The second kappa shape index (κ2) is 10.2. The normalized spacial score (nSPS) is 11.5. The molecule has 5 rings (SSSR count). The van der Waals surface area contributed by atoms with Gasteiger partial charge in [-0.1, -0.05) is 51.1 Å². The Balaban J connectivity index is 1.50. The number of rotatable bonds is 6. The van der Waals surface area contributed by atoms with Crippen LogP contribution in [0.3, 0.4) is 0 Å². The lowest BCUT2D eigenvalue weighted by molar-refractivity contribution is 0.262. The van der Waals surface area contributed by atoms with Crippen molar-refractivity contribution >= 4 is 45.2 Å². The second-order valence-corrected chi connectivity index (χ2v) is 10.4. The van der Waals surface area contributed by atoms with E-state index in [-0.39, 0.29) is 11.4 Å². The number of hydrogen-bond donors (Lipinski definition) is 3. The molecule has 5 aromatic rings. The van der Waals surface area contributed by atoms with Crippen molar-refractivity contribution in [3.05, 3.63) is 72.3 Å². The number of carbonyl (C=O) groups excluding carboxylic acids is 1. The predicted octanol–water partition coefficient (Wildman–Crippen LogP) is 6.66. The zero-order chi connectivity index (χ0) is 27.7. The molecule has 9 nitrogen and oxygen atoms in total. The smallest absolute Gasteiger partial charge is 0.323 e. The van der Waals surface area contributed by atoms with Gasteiger partial charge < -0.3 is 20.7 Å². The Labute approximate surface area is 227 Å². The van der Waals surface area contributed by atoms with Gasteiger partial charge in [-0.25, -0.2) is 19.7 Å². The molecule has 2 amide bonds. The van der Waals surface area contributed by atoms with Crippen molar-refractivity contribution in [1.29, 1.82) is 0 Å². The Morgan fingerprint density at radius 1 is 0.974 bits per heavy atom. The summed E-state index contributed by atoms with van der Waals surface area (Å²) in [7, 11) is 1.59. The largest absolute Gasteiger partial charge is 0.495 e. The quantitative estimate of drug-likeness (QED) is 0.230. The van der Waals surface area contributed by atoms with Gasteiger partial charge in [-0.3, -0.25) is 4.57 Å². The summed E-state index contributed by atoms with van der Waals surface area (Å²) in [4.78, 5) is 27.0. The summed E-state index contributed by atoms with van der Waals surface area (Å²) in [5, 5.41) is 11.1. The number of imidazole rings is 1. The SMILES string of the molecule is CCNc1nc(C)nc2c1ncn2-c1ccc(NC(=O)Nc2cc(C(C)(C)C)ccc2OC)c2ccccc12. The van der Waals surface area contributed by atoms with Crippen molar-refractivity contribution in [3.8, 4) is 11.4 Å². The topological polar surface area (TPSA) is 106 Å². The summed E-state index contributed by atoms with van der Waals surface area (Å²) in [6.07, 6.45) is 1.76. The van der Waals surface area contributed by atoms with Crippen LogP contribution in [0, 0.1) is 6.92 Å². The van der Waals surface area contributed by atoms with Crippen molar-refractivity contribution in [2.75, 3.05) is 29.6 Å². The second-order valence-electron chi connectivity index (χ2n) is 10.4. The summed E-state index contributed by atoms with van der Waals surface area (Å²) in [6.45, 7) is 11.0. The van der Waals surface area contributed by atoms with Crippen molar-refractivity contribution < 1.29 is 9.53 Å². The standard InChI is InChI=1S/C30H33N7O2/c1-7-31-27-26-28(34-18(2)33-27)37(17-32-26)24-14-13-22(20-10-8-9-11-21(20)24)35-29(38)36-23-16-19(30(3,4)5)12-15-25(23)39-6/h8-17H,7H2,1-6H3,(H,31,33,34)(H2,35,36,38). The number of anilines is 3. The van der Waals surface area contributed by atoms with Crippen LogP contribution >= 0.6 is 0 Å². The first-order valence-electron chi connectivity index (χ1n) is 12.9. The van der Waals surface area contributed by atoms with E-state index in [9.17, 15) is 4.79 Å². The number of carbonyl (C=O) groups is 1. The average Bonchev–Trinajstić information content (AvgIpc) is 3.32. The maximum absolute atomic E-state index is 13.2. The summed E-state index contributed by atoms with van der Waals surface area (Å²) in [6, 6.07) is 17.3. The fraction of sp³-hybridized carbons (Fsp3) is 0.267. The molecule has 0 fully saturated rings. The first-order chi connectivity index (χ1) is 18.7. The maximum Gasteiger partial charge on any atom is 0.323 e. The summed E-state index contributed by atoms with van der Waals surface area (Å²) in [5.41, 5.74) is 4.64. The third kappa shape index (κ3) is 5.07. The van der Waals surface area contributed by atoms with Gasteiger partial charge in [0.1, 0.15) is 17.9 Å². The Bertz CT molecular complexity index is 1680. The molecule has 0 atom stereocenters. The molecule has 3 aromatic carbocycles. The van der Waals surface area contributed by atoms with E-state index >= 15 is 0 Å². The third-order valence-electron chi connectivity index (χ3n) is 6.57. The number of aromatic nitrogens is 4. The molecular formula is C30H33N7O2. The van der Waals surface area contributed by atoms with Crippen LogP contribution in [-0.4, -0.2) is 39.2 Å². The number of aryl methyl sites for hydroxylation is 1. The lowest BCUT2D eigenvalue weighted by Gasteiger charge is -2.21. The van der Waals surface area contributed by atoms with E-state index in [1.165, 1.54) is 0 Å². The lowest BCUT2D eigenvalue weighted by atomic mass is 9.87. The van der Waals surface area contributed by atoms with Crippen molar-refractivity contribution in [3.63, 3.8) is 0 Å². The molecule has 3 N–H and O–H groups in total. The van der Waals surface area contributed by atoms with Gasteiger partial charge in [0.25, 0.3) is 0 Å². The van der Waals surface area contributed by atoms with Crippen LogP contribution in [0.15, 0.2) is 60.9 Å². The number of hydrogen-bond acceptors (Lipinski definition) is 6. The molecule has 0 spiro atoms. The van der Waals surface area contributed by atoms with E-state index in [0.717, 1.165) is 28.6 Å². The first kappa shape index (κ1) is 26.0. The van der Waals surface area contributed by atoms with Crippen LogP contribution in [0.4, 0.5) is 22.0 Å². The van der Waals surface area contributed by atoms with E-state index in [2.05, 4.69) is 51.7 Å². The highest BCUT2D eigenvalue weighted by molar-refractivity contribution is 6.08. The molecule has 0 bridgehead atoms. The molecule has 9 heteroatoms. The number of methoxy groups -OCH3 is 1. The van der Waals surface area contributed by atoms with Gasteiger partial charge in [0.15, 0.2) is 17.0 Å². The number of ether oxygens (including phenoxy) is 1. The highest BCUT2D eigenvalue weighted by atomic mass is 16.5. The van der Waals surface area contributed by atoms with Crippen LogP contribution in [0.25, 0.3) is 27.6 Å². The van der Waals surface area contributed by atoms with Crippen LogP contribution in [0.1, 0.15) is 39.1 Å². The highest BCUT2D eigenvalue weighted by Crippen LogP contribution is 2.33. The fourth-order valence-electron chi connectivity index (χ4n) is 4.63. The summed E-state index contributed by atoms with van der Waals surface area (Å²) in [5.74, 6) is 1.97. The monoisotopic (exact) mass is 523 g/mol. The van der Waals surface area contributed by atoms with Gasteiger partial charge in [0.05, 0.1) is 24.2 Å². The Kier molecular flexibility index (Phi) is 6.82. The fourth-order valence-corrected chi connectivity index (χ4v) is 4.63. The summed E-state index contributed by atoms with van der Waals surface area (Å²) >= 11 is 0. The first-order valence-corrected chi connectivity index (χ1v) is 12.9. The average molecular weight is 524 g/mol. The Hall–Kier alpha value is -4.66. The van der Waals surface area contributed by atoms with Crippen molar-refractivity contribution in [2.45, 2.75) is 40.0 Å². The number of benzene rings is 3. The molecule has 0 saturated heterocycles. The molecule has 0 radical (unpaired) electrons. The van der Waals surface area contributed by atoms with Crippen LogP contribution < -0.4 is 20.7 Å². The molecule has 0 aliphatic carbocycles. The van der Waals surface area contributed by atoms with E-state index in [1.54, 1.807) is 13.4 Å². The minimum absolute atomic E-state index is 0.0699. The molecule has 0 unspecified atom stereocenters. The maximum atomic E-state index is 13.2. The minimum atomic E-state index is -0.357. The number of urea groups is 1. The van der Waals surface area contributed by atoms with Gasteiger partial charge in [-0.15, -0.1) is 0 Å². The number of amides is 2. The Morgan fingerprint density at radius 3 is 2.44 bits per heavy atom. The predicted molar refractivity (Wildman–Crippen MR) is 157 cm³/mol. The number of fused-ring (bicyclic) bond motifs is 2. The molecule has 0 saturated carbocycles. The number of nitrogens with zero attached hydrogens (tertiary/aromatic N) is 4. The molecule has 0 aliphatic heterocycles. The molecule has 200 valence electrons. The van der Waals surface area contributed by atoms with Crippen molar-refractivity contribution in [2.24, 2.45) is 0 Å². The van der Waals surface area contributed by atoms with Crippen LogP contribution in [-0.2, 0) is 5.41 Å². The van der Waals surface area contributed by atoms with E-state index < -0.39 is 0 Å². The van der Waals surface area contributed by atoms with Gasteiger partial charge >= 0.3 is 6.03 Å².